The van der Waals surface area contributed by atoms with Gasteiger partial charge in [0.2, 0.25) is 0 Å². The fraction of sp³-hybridized carbons (Fsp3) is 0.404. The third-order valence-electron chi connectivity index (χ3n) is 12.9. The standard InChI is InChI=1S/C23H25.C22H25.2CH3.2ClH.H2Si.Zr/c1-2-17-15-21-9-6-10-22(23(21)16-17)20-13-11-19(12-14-20)18-7-4-3-5-8-18;1-5-16(4)20-13-19-7-6-8-21(22(19)14-20)18-11-9-17(10-12-18)15(2)3;;;;;;/h6,9-16,18H,2-5,7-8H2,1H3;6-16H,5H2,1-4H3;2*1H3;2*1H;1H2;. The zero-order chi connectivity index (χ0) is 34.5. The molecule has 270 valence electrons. The van der Waals surface area contributed by atoms with Crippen molar-refractivity contribution in [1.82, 2.24) is 0 Å². The molecule has 0 aliphatic heterocycles. The van der Waals surface area contributed by atoms with Crippen LogP contribution < -0.4 is 0 Å². The Balaban J connectivity index is 0.00000252. The van der Waals surface area contributed by atoms with Crippen LogP contribution in [-0.4, -0.2) is 6.88 Å². The first-order valence-electron chi connectivity index (χ1n) is 19.5. The molecule has 3 aliphatic rings. The quantitative estimate of drug-likeness (QED) is 0.148. The summed E-state index contributed by atoms with van der Waals surface area (Å²) in [6.07, 6.45) is 14.5. The predicted molar refractivity (Wildman–Crippen MR) is 230 cm³/mol. The van der Waals surface area contributed by atoms with Crippen LogP contribution in [0.4, 0.5) is 0 Å². The van der Waals surface area contributed by atoms with Crippen molar-refractivity contribution in [3.63, 3.8) is 0 Å². The van der Waals surface area contributed by atoms with Gasteiger partial charge in [0.05, 0.1) is 0 Å². The molecule has 0 heterocycles. The van der Waals surface area contributed by atoms with Crippen molar-refractivity contribution < 1.29 is 17.4 Å². The predicted octanol–water partition coefficient (Wildman–Crippen LogP) is 14.4. The number of halogens is 2. The molecule has 4 aromatic carbocycles. The molecule has 4 heteroatoms. The third kappa shape index (κ3) is 7.31. The minimum absolute atomic E-state index is 0. The average Bonchev–Trinajstić information content (AvgIpc) is 3.72. The van der Waals surface area contributed by atoms with Crippen LogP contribution in [0.3, 0.4) is 0 Å². The van der Waals surface area contributed by atoms with E-state index in [4.69, 9.17) is 0 Å². The SMILES string of the molecule is CCC1=Cc2c(-c3ccc(C4CCCCC4)cc3)cccc2[CH]1[Zr]([CH3])([CH3])(=[SiH2])[CH]1C(C(C)CC)=Cc2c(-c3ccc(C(C)C)cc3)cccc21.Cl.Cl. The second kappa shape index (κ2) is 15.8. The minimum Gasteiger partial charge on any atom is -0.147 e. The summed E-state index contributed by atoms with van der Waals surface area (Å²) in [5.74, 6) is 1.86. The van der Waals surface area contributed by atoms with Crippen molar-refractivity contribution >= 4 is 43.8 Å². The molecule has 3 aliphatic carbocycles. The van der Waals surface area contributed by atoms with Crippen LogP contribution in [0.25, 0.3) is 34.4 Å². The molecule has 4 aromatic rings. The summed E-state index contributed by atoms with van der Waals surface area (Å²) in [7, 11) is 0. The van der Waals surface area contributed by atoms with Gasteiger partial charge in [-0.2, -0.15) is 0 Å². The maximum Gasteiger partial charge on any atom is -0.147 e. The van der Waals surface area contributed by atoms with Crippen molar-refractivity contribution in [2.45, 2.75) is 108 Å². The Morgan fingerprint density at radius 1 is 0.667 bits per heavy atom. The molecular formula is C47H60Cl2SiZr. The van der Waals surface area contributed by atoms with E-state index in [0.717, 1.165) is 12.3 Å². The van der Waals surface area contributed by atoms with Crippen molar-refractivity contribution in [2.24, 2.45) is 5.92 Å². The van der Waals surface area contributed by atoms with Gasteiger partial charge in [0.15, 0.2) is 0 Å². The zero-order valence-electron chi connectivity index (χ0n) is 32.1. The number of hydrogen-bond donors (Lipinski definition) is 0. The molecular weight excluding hydrogens is 755 g/mol. The smallest absolute Gasteiger partial charge is 0.147 e. The van der Waals surface area contributed by atoms with E-state index < -0.39 is 17.4 Å². The van der Waals surface area contributed by atoms with Crippen LogP contribution in [0.2, 0.25) is 9.26 Å². The molecule has 7 rings (SSSR count). The van der Waals surface area contributed by atoms with E-state index in [-0.39, 0.29) is 24.8 Å². The molecule has 0 aromatic heterocycles. The molecule has 1 saturated carbocycles. The molecule has 0 bridgehead atoms. The van der Waals surface area contributed by atoms with E-state index in [1.807, 2.05) is 0 Å². The number of allylic oxidation sites excluding steroid dienone is 2. The van der Waals surface area contributed by atoms with Crippen LogP contribution >= 0.6 is 24.8 Å². The molecule has 1 fully saturated rings. The molecule has 0 amide bonds. The fourth-order valence-electron chi connectivity index (χ4n) is 10.1. The van der Waals surface area contributed by atoms with Gasteiger partial charge in [0, 0.05) is 0 Å². The largest absolute Gasteiger partial charge is 0.147 e. The Labute approximate surface area is 324 Å². The van der Waals surface area contributed by atoms with Gasteiger partial charge in [-0.05, 0) is 0 Å². The molecule has 0 radical (unpaired) electrons. The van der Waals surface area contributed by atoms with Crippen LogP contribution in [0.1, 0.15) is 132 Å². The minimum atomic E-state index is -3.72. The second-order valence-corrected chi connectivity index (χ2v) is 47.7. The Kier molecular flexibility index (Phi) is 12.5. The zero-order valence-corrected chi connectivity index (χ0v) is 37.6. The van der Waals surface area contributed by atoms with Crippen molar-refractivity contribution in [1.29, 1.82) is 0 Å². The van der Waals surface area contributed by atoms with E-state index >= 15 is 0 Å². The Morgan fingerprint density at radius 3 is 1.73 bits per heavy atom. The van der Waals surface area contributed by atoms with Crippen LogP contribution in [-0.2, 0) is 17.4 Å². The molecule has 0 spiro atoms. The normalized spacial score (nSPS) is 19.4. The van der Waals surface area contributed by atoms with Gasteiger partial charge in [0.25, 0.3) is 0 Å². The Morgan fingerprint density at radius 2 is 1.20 bits per heavy atom. The van der Waals surface area contributed by atoms with Gasteiger partial charge >= 0.3 is 302 Å². The van der Waals surface area contributed by atoms with Gasteiger partial charge in [-0.15, -0.1) is 24.8 Å². The average molecular weight is 815 g/mol. The third-order valence-corrected chi connectivity index (χ3v) is 30.3. The topological polar surface area (TPSA) is 0 Å². The Bertz CT molecular complexity index is 1990. The van der Waals surface area contributed by atoms with Gasteiger partial charge in [-0.1, -0.05) is 0 Å². The van der Waals surface area contributed by atoms with Crippen molar-refractivity contribution in [3.05, 3.63) is 129 Å². The number of rotatable bonds is 9. The maximum atomic E-state index is 2.81. The number of fused-ring (bicyclic) bond motifs is 2. The first-order chi connectivity index (χ1) is 23.5. The van der Waals surface area contributed by atoms with E-state index in [1.54, 1.807) is 27.8 Å². The molecule has 0 nitrogen and oxygen atoms in total. The summed E-state index contributed by atoms with van der Waals surface area (Å²) < 4.78 is 6.70. The molecule has 0 N–H and O–H groups in total. The molecule has 0 saturated heterocycles. The first kappa shape index (κ1) is 40.2. The van der Waals surface area contributed by atoms with Crippen LogP contribution in [0.5, 0.6) is 0 Å². The van der Waals surface area contributed by atoms with Gasteiger partial charge < -0.3 is 0 Å². The van der Waals surface area contributed by atoms with Gasteiger partial charge in [-0.3, -0.25) is 0 Å². The van der Waals surface area contributed by atoms with Crippen LogP contribution in [0.15, 0.2) is 96.1 Å². The van der Waals surface area contributed by atoms with Crippen molar-refractivity contribution in [2.75, 3.05) is 0 Å². The van der Waals surface area contributed by atoms with E-state index in [1.165, 1.54) is 77.5 Å². The second-order valence-electron chi connectivity index (χ2n) is 17.2. The summed E-state index contributed by atoms with van der Waals surface area (Å²) in [5, 5.41) is 0. The number of benzene rings is 4. The van der Waals surface area contributed by atoms with E-state index in [2.05, 4.69) is 148 Å². The maximum absolute atomic E-state index is 3.72. The van der Waals surface area contributed by atoms with Crippen molar-refractivity contribution in [3.8, 4) is 22.3 Å². The summed E-state index contributed by atoms with van der Waals surface area (Å²) in [6.45, 7) is 14.4. The Hall–Kier alpha value is -1.96. The van der Waals surface area contributed by atoms with E-state index in [0.29, 0.717) is 19.1 Å². The monoisotopic (exact) mass is 812 g/mol. The van der Waals surface area contributed by atoms with Gasteiger partial charge in [-0.25, -0.2) is 0 Å². The molecule has 51 heavy (non-hydrogen) atoms. The summed E-state index contributed by atoms with van der Waals surface area (Å²) in [4.78, 5) is 0. The summed E-state index contributed by atoms with van der Waals surface area (Å²) in [5.41, 5.74) is 18.1. The van der Waals surface area contributed by atoms with Gasteiger partial charge in [0.1, 0.15) is 0 Å². The summed E-state index contributed by atoms with van der Waals surface area (Å²) in [6, 6.07) is 33.6. The number of hydrogen-bond acceptors (Lipinski definition) is 0. The molecule has 3 atom stereocenters. The fourth-order valence-corrected chi connectivity index (χ4v) is 30.0. The summed E-state index contributed by atoms with van der Waals surface area (Å²) >= 11 is -3.72. The van der Waals surface area contributed by atoms with Crippen LogP contribution in [0, 0.1) is 5.92 Å². The van der Waals surface area contributed by atoms with E-state index in [9.17, 15) is 0 Å². The first-order valence-corrected chi connectivity index (χ1v) is 33.1. The molecule has 3 unspecified atom stereocenters.